The third-order valence-corrected chi connectivity index (χ3v) is 5.87. The molecule has 1 N–H and O–H groups in total. The van der Waals surface area contributed by atoms with Crippen LogP contribution in [0, 0.1) is 11.6 Å². The molecule has 0 bridgehead atoms. The number of hydrogen-bond donors (Lipinski definition) is 1. The number of benzene rings is 3. The molecule has 1 unspecified atom stereocenters. The quantitative estimate of drug-likeness (QED) is 0.384. The minimum absolute atomic E-state index is 0.128. The Hall–Kier alpha value is -3.52. The van der Waals surface area contributed by atoms with Crippen molar-refractivity contribution in [3.8, 4) is 11.4 Å². The Labute approximate surface area is 188 Å². The fourth-order valence-electron chi connectivity index (χ4n) is 3.11. The highest BCUT2D eigenvalue weighted by molar-refractivity contribution is 8.00. The SMILES string of the molecule is CC(Sc1nnc(-c2ccc(F)cc2)n1Cc1ccccc1)C(=O)Nc1ccccc1F. The van der Waals surface area contributed by atoms with Crippen molar-refractivity contribution < 1.29 is 13.6 Å². The lowest BCUT2D eigenvalue weighted by Crippen LogP contribution is -2.23. The van der Waals surface area contributed by atoms with Crippen LogP contribution in [0.15, 0.2) is 84.0 Å². The molecule has 3 aromatic carbocycles. The van der Waals surface area contributed by atoms with Crippen LogP contribution >= 0.6 is 11.8 Å². The minimum atomic E-state index is -0.561. The summed E-state index contributed by atoms with van der Waals surface area (Å²) in [6.07, 6.45) is 0. The normalized spacial score (nSPS) is 11.8. The van der Waals surface area contributed by atoms with Gasteiger partial charge in [0.1, 0.15) is 11.6 Å². The number of amides is 1. The molecule has 162 valence electrons. The van der Waals surface area contributed by atoms with Crippen molar-refractivity contribution in [3.05, 3.63) is 96.1 Å². The van der Waals surface area contributed by atoms with Crippen molar-refractivity contribution in [3.63, 3.8) is 0 Å². The Bertz CT molecular complexity index is 1210. The van der Waals surface area contributed by atoms with Crippen molar-refractivity contribution in [2.75, 3.05) is 5.32 Å². The highest BCUT2D eigenvalue weighted by Gasteiger charge is 2.22. The van der Waals surface area contributed by atoms with Gasteiger partial charge in [-0.2, -0.15) is 0 Å². The number of para-hydroxylation sites is 1. The Morgan fingerprint density at radius 2 is 1.66 bits per heavy atom. The van der Waals surface area contributed by atoms with Gasteiger partial charge in [-0.1, -0.05) is 54.2 Å². The number of carbonyl (C=O) groups is 1. The van der Waals surface area contributed by atoms with Crippen LogP contribution in [0.5, 0.6) is 0 Å². The van der Waals surface area contributed by atoms with Gasteiger partial charge in [-0.15, -0.1) is 10.2 Å². The molecule has 32 heavy (non-hydrogen) atoms. The molecule has 0 spiro atoms. The Morgan fingerprint density at radius 3 is 2.38 bits per heavy atom. The van der Waals surface area contributed by atoms with Gasteiger partial charge in [0, 0.05) is 5.56 Å². The van der Waals surface area contributed by atoms with E-state index in [1.165, 1.54) is 36.0 Å². The molecule has 1 heterocycles. The number of aromatic nitrogens is 3. The van der Waals surface area contributed by atoms with E-state index in [1.54, 1.807) is 31.2 Å². The molecule has 0 fully saturated rings. The molecule has 0 saturated carbocycles. The van der Waals surface area contributed by atoms with Crippen molar-refractivity contribution in [1.29, 1.82) is 0 Å². The predicted molar refractivity (Wildman–Crippen MR) is 121 cm³/mol. The van der Waals surface area contributed by atoms with Gasteiger partial charge in [0.2, 0.25) is 5.91 Å². The second-order valence-corrected chi connectivity index (χ2v) is 8.42. The number of thioether (sulfide) groups is 1. The van der Waals surface area contributed by atoms with Crippen LogP contribution in [-0.4, -0.2) is 25.9 Å². The molecule has 8 heteroatoms. The largest absolute Gasteiger partial charge is 0.323 e. The van der Waals surface area contributed by atoms with Crippen LogP contribution < -0.4 is 5.32 Å². The van der Waals surface area contributed by atoms with Gasteiger partial charge in [-0.3, -0.25) is 9.36 Å². The third kappa shape index (κ3) is 5.03. The summed E-state index contributed by atoms with van der Waals surface area (Å²) in [5, 5.41) is 11.2. The monoisotopic (exact) mass is 450 g/mol. The molecular formula is C24H20F2N4OS. The smallest absolute Gasteiger partial charge is 0.237 e. The summed E-state index contributed by atoms with van der Waals surface area (Å²) in [5.74, 6) is -0.615. The van der Waals surface area contributed by atoms with E-state index in [9.17, 15) is 13.6 Å². The second-order valence-electron chi connectivity index (χ2n) is 7.11. The van der Waals surface area contributed by atoms with Crippen LogP contribution in [0.1, 0.15) is 12.5 Å². The summed E-state index contributed by atoms with van der Waals surface area (Å²) in [5.41, 5.74) is 1.87. The van der Waals surface area contributed by atoms with E-state index in [1.807, 2.05) is 34.9 Å². The molecule has 5 nitrogen and oxygen atoms in total. The first kappa shape index (κ1) is 21.7. The lowest BCUT2D eigenvalue weighted by Gasteiger charge is -2.14. The van der Waals surface area contributed by atoms with E-state index in [4.69, 9.17) is 0 Å². The van der Waals surface area contributed by atoms with Crippen LogP contribution in [0.2, 0.25) is 0 Å². The average Bonchev–Trinajstić information content (AvgIpc) is 3.18. The Balaban J connectivity index is 1.60. The molecule has 0 aliphatic carbocycles. The van der Waals surface area contributed by atoms with Crippen molar-refractivity contribution in [2.45, 2.75) is 23.9 Å². The molecule has 1 amide bonds. The second kappa shape index (κ2) is 9.74. The van der Waals surface area contributed by atoms with Gasteiger partial charge in [-0.25, -0.2) is 8.78 Å². The van der Waals surface area contributed by atoms with Crippen LogP contribution in [-0.2, 0) is 11.3 Å². The number of hydrogen-bond acceptors (Lipinski definition) is 4. The summed E-state index contributed by atoms with van der Waals surface area (Å²) in [6.45, 7) is 2.20. The van der Waals surface area contributed by atoms with Crippen LogP contribution in [0.25, 0.3) is 11.4 Å². The lowest BCUT2D eigenvalue weighted by atomic mass is 10.2. The highest BCUT2D eigenvalue weighted by Crippen LogP contribution is 2.28. The van der Waals surface area contributed by atoms with Gasteiger partial charge in [-0.05, 0) is 48.9 Å². The third-order valence-electron chi connectivity index (χ3n) is 4.79. The molecule has 0 saturated heterocycles. The summed E-state index contributed by atoms with van der Waals surface area (Å²) < 4.78 is 29.2. The first-order valence-corrected chi connectivity index (χ1v) is 10.8. The van der Waals surface area contributed by atoms with E-state index >= 15 is 0 Å². The fourth-order valence-corrected chi connectivity index (χ4v) is 3.95. The maximum atomic E-state index is 13.9. The van der Waals surface area contributed by atoms with E-state index < -0.39 is 11.1 Å². The molecule has 0 aliphatic heterocycles. The van der Waals surface area contributed by atoms with Gasteiger partial charge in [0.05, 0.1) is 17.5 Å². The van der Waals surface area contributed by atoms with Gasteiger partial charge < -0.3 is 5.32 Å². The van der Waals surface area contributed by atoms with Crippen molar-refractivity contribution >= 4 is 23.4 Å². The van der Waals surface area contributed by atoms with E-state index in [0.717, 1.165) is 5.56 Å². The summed E-state index contributed by atoms with van der Waals surface area (Å²) in [6, 6.07) is 21.8. The number of nitrogens with zero attached hydrogens (tertiary/aromatic N) is 3. The molecule has 1 atom stereocenters. The van der Waals surface area contributed by atoms with Gasteiger partial charge in [0.15, 0.2) is 11.0 Å². The topological polar surface area (TPSA) is 59.8 Å². The first-order chi connectivity index (χ1) is 15.5. The predicted octanol–water partition coefficient (Wildman–Crippen LogP) is 5.39. The molecule has 1 aromatic heterocycles. The Kier molecular flexibility index (Phi) is 6.61. The van der Waals surface area contributed by atoms with Crippen molar-refractivity contribution in [2.24, 2.45) is 0 Å². The lowest BCUT2D eigenvalue weighted by molar-refractivity contribution is -0.115. The van der Waals surface area contributed by atoms with E-state index in [2.05, 4.69) is 15.5 Å². The summed E-state index contributed by atoms with van der Waals surface area (Å²) >= 11 is 1.22. The number of anilines is 1. The standard InChI is InChI=1S/C24H20F2N4OS/c1-16(23(31)27-21-10-6-5-9-20(21)26)32-24-29-28-22(18-11-13-19(25)14-12-18)30(24)15-17-7-3-2-4-8-17/h2-14,16H,15H2,1H3,(H,27,31). The highest BCUT2D eigenvalue weighted by atomic mass is 32.2. The molecule has 4 rings (SSSR count). The maximum Gasteiger partial charge on any atom is 0.237 e. The number of rotatable bonds is 7. The molecule has 0 radical (unpaired) electrons. The van der Waals surface area contributed by atoms with Crippen molar-refractivity contribution in [1.82, 2.24) is 14.8 Å². The zero-order valence-electron chi connectivity index (χ0n) is 17.2. The van der Waals surface area contributed by atoms with E-state index in [0.29, 0.717) is 23.1 Å². The number of halogens is 2. The minimum Gasteiger partial charge on any atom is -0.323 e. The number of carbonyl (C=O) groups excluding carboxylic acids is 1. The van der Waals surface area contributed by atoms with Gasteiger partial charge in [0.25, 0.3) is 0 Å². The zero-order chi connectivity index (χ0) is 22.5. The average molecular weight is 451 g/mol. The summed E-state index contributed by atoms with van der Waals surface area (Å²) in [7, 11) is 0. The molecule has 4 aromatic rings. The van der Waals surface area contributed by atoms with E-state index in [-0.39, 0.29) is 17.4 Å². The van der Waals surface area contributed by atoms with Gasteiger partial charge >= 0.3 is 0 Å². The molecule has 0 aliphatic rings. The Morgan fingerprint density at radius 1 is 0.969 bits per heavy atom. The maximum absolute atomic E-state index is 13.9. The fraction of sp³-hybridized carbons (Fsp3) is 0.125. The number of nitrogens with one attached hydrogen (secondary N) is 1. The van der Waals surface area contributed by atoms with Crippen LogP contribution in [0.4, 0.5) is 14.5 Å². The zero-order valence-corrected chi connectivity index (χ0v) is 18.0. The molecular weight excluding hydrogens is 430 g/mol. The first-order valence-electron chi connectivity index (χ1n) is 9.96. The van der Waals surface area contributed by atoms with Crippen LogP contribution in [0.3, 0.4) is 0 Å². The summed E-state index contributed by atoms with van der Waals surface area (Å²) in [4.78, 5) is 12.7.